The van der Waals surface area contributed by atoms with Crippen LogP contribution in [0.4, 0.5) is 0 Å². The molecular weight excluding hydrogens is 1210 g/mol. The summed E-state index contributed by atoms with van der Waals surface area (Å²) in [6, 6.07) is 0. The molecule has 19 heteroatoms. The number of phosphoric acid groups is 2. The maximum atomic E-state index is 13.1. The molecular formula is C73H142O17P2. The summed E-state index contributed by atoms with van der Waals surface area (Å²) in [5, 5.41) is 10.5. The Bertz CT molecular complexity index is 1770. The first-order chi connectivity index (χ1) is 44.6. The van der Waals surface area contributed by atoms with Crippen LogP contribution in [0.15, 0.2) is 0 Å². The summed E-state index contributed by atoms with van der Waals surface area (Å²) in [7, 11) is -9.88. The highest BCUT2D eigenvalue weighted by Gasteiger charge is 2.30. The van der Waals surface area contributed by atoms with Gasteiger partial charge in [-0.2, -0.15) is 0 Å². The number of carbonyl (C=O) groups excluding carboxylic acids is 4. The summed E-state index contributed by atoms with van der Waals surface area (Å²) in [5.74, 6) is -1.27. The van der Waals surface area contributed by atoms with Crippen molar-refractivity contribution in [1.29, 1.82) is 0 Å². The van der Waals surface area contributed by atoms with Gasteiger partial charge in [-0.25, -0.2) is 9.13 Å². The lowest BCUT2D eigenvalue weighted by atomic mass is 9.99. The van der Waals surface area contributed by atoms with E-state index < -0.39 is 97.5 Å². The third-order valence-electron chi connectivity index (χ3n) is 17.4. The lowest BCUT2D eigenvalue weighted by molar-refractivity contribution is -0.161. The first kappa shape index (κ1) is 90.1. The quantitative estimate of drug-likeness (QED) is 0.0222. The van der Waals surface area contributed by atoms with Gasteiger partial charge in [0.25, 0.3) is 0 Å². The molecule has 0 saturated carbocycles. The fourth-order valence-electron chi connectivity index (χ4n) is 11.1. The molecule has 546 valence electrons. The second-order valence-electron chi connectivity index (χ2n) is 26.6. The van der Waals surface area contributed by atoms with E-state index in [0.29, 0.717) is 25.7 Å². The zero-order valence-electron chi connectivity index (χ0n) is 59.7. The van der Waals surface area contributed by atoms with Crippen LogP contribution in [0, 0.1) is 5.92 Å². The molecule has 0 aliphatic heterocycles. The molecule has 3 unspecified atom stereocenters. The zero-order chi connectivity index (χ0) is 67.7. The van der Waals surface area contributed by atoms with E-state index in [2.05, 4.69) is 34.6 Å². The predicted octanol–water partition coefficient (Wildman–Crippen LogP) is 21.3. The van der Waals surface area contributed by atoms with Crippen molar-refractivity contribution < 1.29 is 80.2 Å². The van der Waals surface area contributed by atoms with Crippen molar-refractivity contribution in [3.8, 4) is 0 Å². The highest BCUT2D eigenvalue weighted by Crippen LogP contribution is 2.45. The van der Waals surface area contributed by atoms with Crippen LogP contribution in [0.25, 0.3) is 0 Å². The van der Waals surface area contributed by atoms with E-state index in [4.69, 9.17) is 37.0 Å². The molecule has 0 bridgehead atoms. The Kier molecular flexibility index (Phi) is 64.9. The van der Waals surface area contributed by atoms with Crippen LogP contribution >= 0.6 is 15.6 Å². The van der Waals surface area contributed by atoms with Crippen LogP contribution in [0.5, 0.6) is 0 Å². The highest BCUT2D eigenvalue weighted by molar-refractivity contribution is 7.47. The summed E-state index contributed by atoms with van der Waals surface area (Å²) in [4.78, 5) is 72.2. The third-order valence-corrected chi connectivity index (χ3v) is 19.3. The van der Waals surface area contributed by atoms with Crippen LogP contribution in [-0.2, 0) is 65.4 Å². The molecule has 6 atom stereocenters. The van der Waals surface area contributed by atoms with E-state index in [1.165, 1.54) is 186 Å². The Morgan fingerprint density at radius 1 is 0.304 bits per heavy atom. The van der Waals surface area contributed by atoms with Gasteiger partial charge in [-0.05, 0) is 31.6 Å². The van der Waals surface area contributed by atoms with Crippen LogP contribution in [-0.4, -0.2) is 96.7 Å². The Balaban J connectivity index is 5.06. The minimum absolute atomic E-state index is 0.103. The van der Waals surface area contributed by atoms with Gasteiger partial charge in [0.1, 0.15) is 19.3 Å². The van der Waals surface area contributed by atoms with Crippen molar-refractivity contribution in [2.45, 2.75) is 400 Å². The number of phosphoric ester groups is 2. The van der Waals surface area contributed by atoms with Gasteiger partial charge in [-0.15, -0.1) is 0 Å². The average molecular weight is 1350 g/mol. The number of aliphatic hydroxyl groups is 1. The van der Waals surface area contributed by atoms with Gasteiger partial charge in [0.05, 0.1) is 26.4 Å². The zero-order valence-corrected chi connectivity index (χ0v) is 61.5. The first-order valence-corrected chi connectivity index (χ1v) is 41.2. The Morgan fingerprint density at radius 2 is 0.522 bits per heavy atom. The first-order valence-electron chi connectivity index (χ1n) is 38.2. The van der Waals surface area contributed by atoms with E-state index in [-0.39, 0.29) is 25.7 Å². The van der Waals surface area contributed by atoms with Crippen LogP contribution in [0.1, 0.15) is 381 Å². The standard InChI is InChI=1S/C73H142O17P2/c1-6-10-13-16-18-19-20-21-22-23-27-30-33-36-39-43-47-52-57-71(76)84-63-69(90-73(78)59-54-49-44-40-37-34-31-28-25-24-26-29-32-35-38-42-46-50-55-66(5)9-4)65-88-92(81,82)86-61-67(74)60-85-91(79,80)87-64-68(62-83-70(75)56-51-45-15-12-8-3)89-72(77)58-53-48-41-17-14-11-7-2/h66-69,74H,6-65H2,1-5H3,(H,79,80)(H,81,82)/t66?,67-,68+,69+/m0/s1. The molecule has 17 nitrogen and oxygen atoms in total. The minimum atomic E-state index is -4.95. The molecule has 0 aliphatic carbocycles. The smallest absolute Gasteiger partial charge is 0.462 e. The number of hydrogen-bond donors (Lipinski definition) is 3. The molecule has 0 heterocycles. The van der Waals surface area contributed by atoms with Crippen molar-refractivity contribution in [2.24, 2.45) is 5.92 Å². The maximum Gasteiger partial charge on any atom is 0.472 e. The Hall–Kier alpha value is -1.94. The van der Waals surface area contributed by atoms with Crippen LogP contribution < -0.4 is 0 Å². The lowest BCUT2D eigenvalue weighted by Gasteiger charge is -2.21. The van der Waals surface area contributed by atoms with Crippen LogP contribution in [0.2, 0.25) is 0 Å². The Labute approximate surface area is 562 Å². The molecule has 0 radical (unpaired) electrons. The second kappa shape index (κ2) is 66.3. The van der Waals surface area contributed by atoms with Gasteiger partial charge >= 0.3 is 39.5 Å². The summed E-state index contributed by atoms with van der Waals surface area (Å²) in [6.07, 6.45) is 54.9. The SMILES string of the molecule is CCCCCCCCCCCCCCCCCCCCC(=O)OC[C@H](COP(=O)(O)OC[C@@H](O)COP(=O)(O)OC[C@@H](COC(=O)CCCCCCC)OC(=O)CCCCCCCCC)OC(=O)CCCCCCCCCCCCCCCCCCCCC(C)CC. The van der Waals surface area contributed by atoms with Gasteiger partial charge < -0.3 is 33.8 Å². The number of esters is 4. The van der Waals surface area contributed by atoms with Gasteiger partial charge in [0.2, 0.25) is 0 Å². The predicted molar refractivity (Wildman–Crippen MR) is 372 cm³/mol. The molecule has 0 aromatic carbocycles. The second-order valence-corrected chi connectivity index (χ2v) is 29.5. The molecule has 0 fully saturated rings. The van der Waals surface area contributed by atoms with Crippen LogP contribution in [0.3, 0.4) is 0 Å². The number of rotatable bonds is 73. The summed E-state index contributed by atoms with van der Waals surface area (Å²) < 4.78 is 68.0. The van der Waals surface area contributed by atoms with E-state index in [0.717, 1.165) is 115 Å². The third kappa shape index (κ3) is 65.4. The lowest BCUT2D eigenvalue weighted by Crippen LogP contribution is -2.30. The largest absolute Gasteiger partial charge is 0.472 e. The molecule has 0 aliphatic rings. The molecule has 0 rings (SSSR count). The summed E-state index contributed by atoms with van der Waals surface area (Å²) >= 11 is 0. The normalized spacial score (nSPS) is 14.3. The van der Waals surface area contributed by atoms with Gasteiger partial charge in [-0.3, -0.25) is 37.3 Å². The molecule has 0 amide bonds. The maximum absolute atomic E-state index is 13.1. The van der Waals surface area contributed by atoms with Crippen molar-refractivity contribution in [3.05, 3.63) is 0 Å². The van der Waals surface area contributed by atoms with Gasteiger partial charge in [-0.1, -0.05) is 330 Å². The Morgan fingerprint density at radius 3 is 0.772 bits per heavy atom. The molecule has 0 aromatic heterocycles. The number of carbonyl (C=O) groups is 4. The minimum Gasteiger partial charge on any atom is -0.462 e. The van der Waals surface area contributed by atoms with Gasteiger partial charge in [0.15, 0.2) is 12.2 Å². The van der Waals surface area contributed by atoms with E-state index >= 15 is 0 Å². The number of unbranched alkanes of at least 4 members (excludes halogenated alkanes) is 44. The topological polar surface area (TPSA) is 237 Å². The summed E-state index contributed by atoms with van der Waals surface area (Å²) in [6.45, 7) is 7.19. The number of ether oxygens (including phenoxy) is 4. The fourth-order valence-corrected chi connectivity index (χ4v) is 12.7. The van der Waals surface area contributed by atoms with Crippen molar-refractivity contribution in [1.82, 2.24) is 0 Å². The number of aliphatic hydroxyl groups excluding tert-OH is 1. The van der Waals surface area contributed by atoms with Crippen molar-refractivity contribution >= 4 is 39.5 Å². The van der Waals surface area contributed by atoms with E-state index in [1.807, 2.05) is 0 Å². The molecule has 0 saturated heterocycles. The van der Waals surface area contributed by atoms with E-state index in [1.54, 1.807) is 0 Å². The molecule has 92 heavy (non-hydrogen) atoms. The summed E-state index contributed by atoms with van der Waals surface area (Å²) in [5.41, 5.74) is 0. The molecule has 3 N–H and O–H groups in total. The fraction of sp³-hybridized carbons (Fsp3) is 0.945. The monoisotopic (exact) mass is 1350 g/mol. The number of hydrogen-bond acceptors (Lipinski definition) is 15. The average Bonchev–Trinajstić information content (AvgIpc) is 1.88. The van der Waals surface area contributed by atoms with Crippen molar-refractivity contribution in [3.63, 3.8) is 0 Å². The van der Waals surface area contributed by atoms with Crippen molar-refractivity contribution in [2.75, 3.05) is 39.6 Å². The molecule has 0 spiro atoms. The molecule has 0 aromatic rings. The van der Waals surface area contributed by atoms with E-state index in [9.17, 15) is 43.2 Å². The highest BCUT2D eigenvalue weighted by atomic mass is 31.2. The van der Waals surface area contributed by atoms with Gasteiger partial charge in [0, 0.05) is 25.7 Å².